The van der Waals surface area contributed by atoms with Gasteiger partial charge in [-0.15, -0.1) is 0 Å². The van der Waals surface area contributed by atoms with Gasteiger partial charge in [0, 0.05) is 10.4 Å². The van der Waals surface area contributed by atoms with Crippen LogP contribution in [0.25, 0.3) is 0 Å². The fourth-order valence-electron chi connectivity index (χ4n) is 3.90. The van der Waals surface area contributed by atoms with E-state index in [2.05, 4.69) is 63.7 Å². The third-order valence-corrected chi connectivity index (χ3v) is 5.56. The molecular formula is C20H18BrNO2. The lowest BCUT2D eigenvalue weighted by atomic mass is 9.76. The van der Waals surface area contributed by atoms with Gasteiger partial charge in [0.05, 0.1) is 24.4 Å². The maximum Gasteiger partial charge on any atom is 0.339 e. The van der Waals surface area contributed by atoms with Gasteiger partial charge in [-0.2, -0.15) is 0 Å². The number of rotatable bonds is 2. The zero-order valence-electron chi connectivity index (χ0n) is 13.3. The number of allylic oxidation sites excluding steroid dienone is 2. The summed E-state index contributed by atoms with van der Waals surface area (Å²) in [4.78, 5) is 12.2. The normalized spacial score (nSPS) is 24.0. The maximum absolute atomic E-state index is 12.2. The molecule has 0 saturated heterocycles. The van der Waals surface area contributed by atoms with Crippen LogP contribution >= 0.6 is 15.9 Å². The lowest BCUT2D eigenvalue weighted by molar-refractivity contribution is 0.0601. The molecule has 0 bridgehead atoms. The summed E-state index contributed by atoms with van der Waals surface area (Å²) in [7, 11) is 1.43. The van der Waals surface area contributed by atoms with E-state index in [9.17, 15) is 4.79 Å². The van der Waals surface area contributed by atoms with E-state index in [1.54, 1.807) is 0 Å². The summed E-state index contributed by atoms with van der Waals surface area (Å²) in [6.07, 6.45) is 5.57. The van der Waals surface area contributed by atoms with Crippen molar-refractivity contribution in [2.45, 2.75) is 18.4 Å². The van der Waals surface area contributed by atoms with Gasteiger partial charge < -0.3 is 10.1 Å². The second-order valence-electron chi connectivity index (χ2n) is 6.29. The van der Waals surface area contributed by atoms with Crippen LogP contribution in [0.2, 0.25) is 0 Å². The minimum Gasteiger partial charge on any atom is -0.465 e. The number of ether oxygens (including phenoxy) is 1. The molecule has 1 heterocycles. The zero-order chi connectivity index (χ0) is 16.7. The maximum atomic E-state index is 12.2. The number of fused-ring (bicyclic) bond motifs is 3. The predicted molar refractivity (Wildman–Crippen MR) is 98.3 cm³/mol. The van der Waals surface area contributed by atoms with E-state index in [4.69, 9.17) is 4.74 Å². The fraction of sp³-hybridized carbons (Fsp3) is 0.250. The Morgan fingerprint density at radius 3 is 2.75 bits per heavy atom. The Morgan fingerprint density at radius 1 is 1.21 bits per heavy atom. The molecule has 4 heteroatoms. The van der Waals surface area contributed by atoms with Gasteiger partial charge in [-0.3, -0.25) is 0 Å². The molecular weight excluding hydrogens is 366 g/mol. The molecule has 3 atom stereocenters. The van der Waals surface area contributed by atoms with Crippen LogP contribution in [-0.2, 0) is 4.74 Å². The Hall–Kier alpha value is -2.07. The SMILES string of the molecule is COC(=O)c1cccc2c1N[C@H](c1ccc(Br)cc1)[C@@H]1CC=C[C@@H]21. The van der Waals surface area contributed by atoms with Crippen molar-refractivity contribution in [1.29, 1.82) is 0 Å². The number of benzene rings is 2. The van der Waals surface area contributed by atoms with Crippen LogP contribution in [0.4, 0.5) is 5.69 Å². The summed E-state index contributed by atoms with van der Waals surface area (Å²) in [5.74, 6) is 0.500. The number of methoxy groups -OCH3 is 1. The lowest BCUT2D eigenvalue weighted by Gasteiger charge is -2.38. The number of nitrogens with one attached hydrogen (secondary N) is 1. The molecule has 1 aliphatic carbocycles. The van der Waals surface area contributed by atoms with E-state index in [1.165, 1.54) is 18.2 Å². The van der Waals surface area contributed by atoms with E-state index in [1.807, 2.05) is 12.1 Å². The zero-order valence-corrected chi connectivity index (χ0v) is 14.9. The highest BCUT2D eigenvalue weighted by Crippen LogP contribution is 2.50. The average molecular weight is 384 g/mol. The summed E-state index contributed by atoms with van der Waals surface area (Å²) >= 11 is 3.50. The molecule has 0 saturated carbocycles. The molecule has 2 aromatic rings. The van der Waals surface area contributed by atoms with Crippen molar-refractivity contribution in [3.8, 4) is 0 Å². The highest BCUT2D eigenvalue weighted by molar-refractivity contribution is 9.10. The van der Waals surface area contributed by atoms with E-state index in [0.717, 1.165) is 16.6 Å². The summed E-state index contributed by atoms with van der Waals surface area (Å²) in [6.45, 7) is 0. The van der Waals surface area contributed by atoms with Gasteiger partial charge in [0.15, 0.2) is 0 Å². The van der Waals surface area contributed by atoms with E-state index < -0.39 is 0 Å². The molecule has 3 nitrogen and oxygen atoms in total. The Kier molecular flexibility index (Phi) is 3.93. The molecule has 0 unspecified atom stereocenters. The van der Waals surface area contributed by atoms with Crippen LogP contribution in [0.3, 0.4) is 0 Å². The highest BCUT2D eigenvalue weighted by atomic mass is 79.9. The van der Waals surface area contributed by atoms with Crippen molar-refractivity contribution in [3.05, 3.63) is 75.8 Å². The Bertz CT molecular complexity index is 813. The largest absolute Gasteiger partial charge is 0.465 e. The third-order valence-electron chi connectivity index (χ3n) is 5.03. The number of hydrogen-bond acceptors (Lipinski definition) is 3. The van der Waals surface area contributed by atoms with Crippen LogP contribution in [0.1, 0.15) is 39.9 Å². The van der Waals surface area contributed by atoms with E-state index in [0.29, 0.717) is 17.4 Å². The molecule has 122 valence electrons. The minimum absolute atomic E-state index is 0.177. The standard InChI is InChI=1S/C20H18BrNO2/c1-24-20(23)17-7-3-6-16-14-4-2-5-15(14)18(22-19(16)17)12-8-10-13(21)11-9-12/h2-4,6-11,14-15,18,22H,5H2,1H3/t14-,15-,18-/m1/s1. The molecule has 0 spiro atoms. The summed E-state index contributed by atoms with van der Waals surface area (Å²) in [5, 5.41) is 3.63. The topological polar surface area (TPSA) is 38.3 Å². The number of esters is 1. The van der Waals surface area contributed by atoms with Gasteiger partial charge in [0.1, 0.15) is 0 Å². The van der Waals surface area contributed by atoms with Gasteiger partial charge >= 0.3 is 5.97 Å². The van der Waals surface area contributed by atoms with E-state index in [-0.39, 0.29) is 12.0 Å². The van der Waals surface area contributed by atoms with E-state index >= 15 is 0 Å². The van der Waals surface area contributed by atoms with Crippen molar-refractivity contribution in [3.63, 3.8) is 0 Å². The Balaban J connectivity index is 1.82. The number of anilines is 1. The summed E-state index contributed by atoms with van der Waals surface area (Å²) in [5.41, 5.74) is 3.94. The van der Waals surface area contributed by atoms with Crippen LogP contribution in [0.15, 0.2) is 59.1 Å². The van der Waals surface area contributed by atoms with Crippen molar-refractivity contribution in [2.24, 2.45) is 5.92 Å². The van der Waals surface area contributed by atoms with Gasteiger partial charge in [0.25, 0.3) is 0 Å². The first kappa shape index (κ1) is 15.5. The minimum atomic E-state index is -0.297. The molecule has 4 rings (SSSR count). The molecule has 1 N–H and O–H groups in total. The number of carbonyl (C=O) groups excluding carboxylic acids is 1. The molecule has 2 aromatic carbocycles. The van der Waals surface area contributed by atoms with Gasteiger partial charge in [-0.1, -0.05) is 52.3 Å². The summed E-state index contributed by atoms with van der Waals surface area (Å²) < 4.78 is 6.04. The van der Waals surface area contributed by atoms with Crippen molar-refractivity contribution in [1.82, 2.24) is 0 Å². The Morgan fingerprint density at radius 2 is 2.00 bits per heavy atom. The summed E-state index contributed by atoms with van der Waals surface area (Å²) in [6, 6.07) is 14.5. The van der Waals surface area contributed by atoms with Gasteiger partial charge in [-0.25, -0.2) is 4.79 Å². The molecule has 0 aromatic heterocycles. The smallest absolute Gasteiger partial charge is 0.339 e. The van der Waals surface area contributed by atoms with Gasteiger partial charge in [0.2, 0.25) is 0 Å². The van der Waals surface area contributed by atoms with Crippen molar-refractivity contribution in [2.75, 3.05) is 12.4 Å². The molecule has 2 aliphatic rings. The van der Waals surface area contributed by atoms with Crippen LogP contribution in [0.5, 0.6) is 0 Å². The molecule has 0 fully saturated rings. The second kappa shape index (κ2) is 6.10. The number of hydrogen-bond donors (Lipinski definition) is 1. The van der Waals surface area contributed by atoms with Crippen molar-refractivity contribution < 1.29 is 9.53 Å². The molecule has 0 radical (unpaired) electrons. The van der Waals surface area contributed by atoms with Crippen LogP contribution < -0.4 is 5.32 Å². The van der Waals surface area contributed by atoms with Gasteiger partial charge in [-0.05, 0) is 41.7 Å². The monoisotopic (exact) mass is 383 g/mol. The van der Waals surface area contributed by atoms with Crippen LogP contribution in [0, 0.1) is 5.92 Å². The predicted octanol–water partition coefficient (Wildman–Crippen LogP) is 5.06. The molecule has 1 aliphatic heterocycles. The van der Waals surface area contributed by atoms with Crippen molar-refractivity contribution >= 4 is 27.6 Å². The lowest BCUT2D eigenvalue weighted by Crippen LogP contribution is -2.30. The molecule has 24 heavy (non-hydrogen) atoms. The first-order valence-electron chi connectivity index (χ1n) is 8.09. The average Bonchev–Trinajstić information content (AvgIpc) is 3.10. The Labute approximate surface area is 149 Å². The highest BCUT2D eigenvalue weighted by Gasteiger charge is 2.39. The second-order valence-corrected chi connectivity index (χ2v) is 7.20. The first-order chi connectivity index (χ1) is 11.7. The number of halogens is 1. The van der Waals surface area contributed by atoms with Crippen LogP contribution in [-0.4, -0.2) is 13.1 Å². The first-order valence-corrected chi connectivity index (χ1v) is 8.88. The number of carbonyl (C=O) groups is 1. The number of para-hydroxylation sites is 1. The molecule has 0 amide bonds. The fourth-order valence-corrected chi connectivity index (χ4v) is 4.17. The quantitative estimate of drug-likeness (QED) is 0.581. The third kappa shape index (κ3) is 2.46.